The van der Waals surface area contributed by atoms with Gasteiger partial charge in [-0.3, -0.25) is 0 Å². The third-order valence-corrected chi connectivity index (χ3v) is 2.70. The monoisotopic (exact) mass is 214 g/mol. The summed E-state index contributed by atoms with van der Waals surface area (Å²) in [6.07, 6.45) is 1.53. The van der Waals surface area contributed by atoms with E-state index in [-0.39, 0.29) is 5.56 Å². The first-order valence-corrected chi connectivity index (χ1v) is 5.22. The van der Waals surface area contributed by atoms with Crippen molar-refractivity contribution >= 4 is 0 Å². The highest BCUT2D eigenvalue weighted by Crippen LogP contribution is 2.32. The van der Waals surface area contributed by atoms with Crippen molar-refractivity contribution < 1.29 is 13.9 Å². The standard InChI is InChI=1S/C12H16F2O/c1-3-8-12(15,4-2)9-6-5-7-10(13)11(9)14/h5-7,15H,3-4,8H2,1-2H3. The quantitative estimate of drug-likeness (QED) is 0.814. The summed E-state index contributed by atoms with van der Waals surface area (Å²) in [6, 6.07) is 3.92. The molecule has 0 spiro atoms. The molecule has 1 aromatic carbocycles. The molecule has 0 saturated carbocycles. The number of aliphatic hydroxyl groups is 1. The molecule has 0 bridgehead atoms. The second kappa shape index (κ2) is 4.71. The molecular weight excluding hydrogens is 198 g/mol. The van der Waals surface area contributed by atoms with E-state index < -0.39 is 17.2 Å². The van der Waals surface area contributed by atoms with Gasteiger partial charge >= 0.3 is 0 Å². The Labute approximate surface area is 88.7 Å². The van der Waals surface area contributed by atoms with Crippen LogP contribution in [0.15, 0.2) is 18.2 Å². The Hall–Kier alpha value is -0.960. The lowest BCUT2D eigenvalue weighted by molar-refractivity contribution is 0.0185. The van der Waals surface area contributed by atoms with Crippen molar-refractivity contribution in [2.24, 2.45) is 0 Å². The van der Waals surface area contributed by atoms with Gasteiger partial charge in [-0.05, 0) is 18.9 Å². The zero-order valence-corrected chi connectivity index (χ0v) is 9.06. The Kier molecular flexibility index (Phi) is 3.80. The van der Waals surface area contributed by atoms with E-state index in [0.717, 1.165) is 12.5 Å². The van der Waals surface area contributed by atoms with Gasteiger partial charge in [0.25, 0.3) is 0 Å². The summed E-state index contributed by atoms with van der Waals surface area (Å²) in [5.74, 6) is -1.84. The van der Waals surface area contributed by atoms with E-state index in [9.17, 15) is 13.9 Å². The van der Waals surface area contributed by atoms with Gasteiger partial charge in [0, 0.05) is 5.56 Å². The fourth-order valence-electron chi connectivity index (χ4n) is 1.78. The fraction of sp³-hybridized carbons (Fsp3) is 0.500. The van der Waals surface area contributed by atoms with Gasteiger partial charge in [0.05, 0.1) is 5.60 Å². The van der Waals surface area contributed by atoms with Crippen molar-refractivity contribution in [3.8, 4) is 0 Å². The molecule has 1 N–H and O–H groups in total. The zero-order chi connectivity index (χ0) is 11.5. The van der Waals surface area contributed by atoms with Crippen LogP contribution in [-0.2, 0) is 5.60 Å². The lowest BCUT2D eigenvalue weighted by Gasteiger charge is -2.27. The van der Waals surface area contributed by atoms with Crippen molar-refractivity contribution in [2.45, 2.75) is 38.7 Å². The molecule has 0 aliphatic carbocycles. The molecule has 1 unspecified atom stereocenters. The lowest BCUT2D eigenvalue weighted by Crippen LogP contribution is -2.26. The summed E-state index contributed by atoms with van der Waals surface area (Å²) in [7, 11) is 0. The summed E-state index contributed by atoms with van der Waals surface area (Å²) < 4.78 is 26.5. The average molecular weight is 214 g/mol. The van der Waals surface area contributed by atoms with E-state index in [2.05, 4.69) is 0 Å². The van der Waals surface area contributed by atoms with Gasteiger partial charge in [-0.15, -0.1) is 0 Å². The van der Waals surface area contributed by atoms with Gasteiger partial charge in [0.1, 0.15) is 0 Å². The van der Waals surface area contributed by atoms with Gasteiger partial charge in [0.15, 0.2) is 11.6 Å². The van der Waals surface area contributed by atoms with Crippen LogP contribution in [0.1, 0.15) is 38.7 Å². The first-order valence-electron chi connectivity index (χ1n) is 5.22. The number of benzene rings is 1. The molecule has 0 radical (unpaired) electrons. The summed E-state index contributed by atoms with van der Waals surface area (Å²) >= 11 is 0. The maximum Gasteiger partial charge on any atom is 0.164 e. The second-order valence-corrected chi connectivity index (χ2v) is 3.74. The van der Waals surface area contributed by atoms with Crippen molar-refractivity contribution in [2.75, 3.05) is 0 Å². The largest absolute Gasteiger partial charge is 0.385 e. The van der Waals surface area contributed by atoms with E-state index >= 15 is 0 Å². The lowest BCUT2D eigenvalue weighted by atomic mass is 9.86. The molecule has 0 fully saturated rings. The molecule has 0 saturated heterocycles. The highest BCUT2D eigenvalue weighted by molar-refractivity contribution is 5.25. The minimum atomic E-state index is -1.25. The topological polar surface area (TPSA) is 20.2 Å². The van der Waals surface area contributed by atoms with Crippen LogP contribution in [0.3, 0.4) is 0 Å². The SMILES string of the molecule is CCCC(O)(CC)c1cccc(F)c1F. The molecule has 3 heteroatoms. The Morgan fingerprint density at radius 2 is 1.93 bits per heavy atom. The molecule has 84 valence electrons. The van der Waals surface area contributed by atoms with Gasteiger partial charge in [-0.2, -0.15) is 0 Å². The minimum Gasteiger partial charge on any atom is -0.385 e. The highest BCUT2D eigenvalue weighted by Gasteiger charge is 2.30. The number of hydrogen-bond donors (Lipinski definition) is 1. The van der Waals surface area contributed by atoms with Crippen molar-refractivity contribution in [1.82, 2.24) is 0 Å². The van der Waals surface area contributed by atoms with Gasteiger partial charge in [-0.1, -0.05) is 32.4 Å². The van der Waals surface area contributed by atoms with E-state index in [1.165, 1.54) is 12.1 Å². The van der Waals surface area contributed by atoms with Crippen molar-refractivity contribution in [3.05, 3.63) is 35.4 Å². The zero-order valence-electron chi connectivity index (χ0n) is 9.06. The highest BCUT2D eigenvalue weighted by atomic mass is 19.2. The normalized spacial score (nSPS) is 15.0. The van der Waals surface area contributed by atoms with Crippen LogP contribution in [-0.4, -0.2) is 5.11 Å². The molecular formula is C12H16F2O. The van der Waals surface area contributed by atoms with E-state index in [0.29, 0.717) is 12.8 Å². The average Bonchev–Trinajstić information content (AvgIpc) is 2.22. The molecule has 0 amide bonds. The molecule has 0 heterocycles. The fourth-order valence-corrected chi connectivity index (χ4v) is 1.78. The molecule has 0 aliphatic rings. The predicted octanol–water partition coefficient (Wildman–Crippen LogP) is 3.36. The van der Waals surface area contributed by atoms with Crippen molar-refractivity contribution in [1.29, 1.82) is 0 Å². The van der Waals surface area contributed by atoms with Gasteiger partial charge in [-0.25, -0.2) is 8.78 Å². The molecule has 0 aromatic heterocycles. The van der Waals surface area contributed by atoms with Gasteiger partial charge in [0.2, 0.25) is 0 Å². The summed E-state index contributed by atoms with van der Waals surface area (Å²) in [5.41, 5.74) is -1.19. The molecule has 15 heavy (non-hydrogen) atoms. The van der Waals surface area contributed by atoms with Crippen LogP contribution >= 0.6 is 0 Å². The molecule has 0 aliphatic heterocycles. The molecule has 1 nitrogen and oxygen atoms in total. The second-order valence-electron chi connectivity index (χ2n) is 3.74. The van der Waals surface area contributed by atoms with Crippen LogP contribution in [0.5, 0.6) is 0 Å². The molecule has 1 atom stereocenters. The van der Waals surface area contributed by atoms with E-state index in [1.54, 1.807) is 6.92 Å². The van der Waals surface area contributed by atoms with Crippen LogP contribution in [0.4, 0.5) is 8.78 Å². The number of halogens is 2. The number of hydrogen-bond acceptors (Lipinski definition) is 1. The van der Waals surface area contributed by atoms with Crippen LogP contribution in [0.25, 0.3) is 0 Å². The first kappa shape index (κ1) is 12.1. The summed E-state index contributed by atoms with van der Waals surface area (Å²) in [5, 5.41) is 10.2. The van der Waals surface area contributed by atoms with Crippen LogP contribution in [0.2, 0.25) is 0 Å². The number of rotatable bonds is 4. The Bertz CT molecular complexity index is 338. The van der Waals surface area contributed by atoms with E-state index in [4.69, 9.17) is 0 Å². The van der Waals surface area contributed by atoms with E-state index in [1.807, 2.05) is 6.92 Å². The van der Waals surface area contributed by atoms with Crippen LogP contribution in [0, 0.1) is 11.6 Å². The van der Waals surface area contributed by atoms with Crippen LogP contribution < -0.4 is 0 Å². The Balaban J connectivity index is 3.17. The minimum absolute atomic E-state index is 0.0619. The third-order valence-electron chi connectivity index (χ3n) is 2.70. The smallest absolute Gasteiger partial charge is 0.164 e. The maximum atomic E-state index is 13.5. The first-order chi connectivity index (χ1) is 7.05. The molecule has 1 aromatic rings. The summed E-state index contributed by atoms with van der Waals surface area (Å²) in [4.78, 5) is 0. The van der Waals surface area contributed by atoms with Crippen molar-refractivity contribution in [3.63, 3.8) is 0 Å². The summed E-state index contributed by atoms with van der Waals surface area (Å²) in [6.45, 7) is 3.66. The molecule has 1 rings (SSSR count). The van der Waals surface area contributed by atoms with Gasteiger partial charge < -0.3 is 5.11 Å². The Morgan fingerprint density at radius 1 is 1.27 bits per heavy atom. The third kappa shape index (κ3) is 2.34. The predicted molar refractivity (Wildman–Crippen MR) is 55.5 cm³/mol. The Morgan fingerprint density at radius 3 is 2.47 bits per heavy atom. The maximum absolute atomic E-state index is 13.5.